The molecular formula is C12H15F2N. The first-order valence-corrected chi connectivity index (χ1v) is 5.37. The fraction of sp³-hybridized carbons (Fsp3) is 0.500. The Balaban J connectivity index is 1.99. The molecule has 0 saturated heterocycles. The Morgan fingerprint density at radius 3 is 2.67 bits per heavy atom. The Bertz CT molecular complexity index is 347. The van der Waals surface area contributed by atoms with Crippen molar-refractivity contribution in [3.05, 3.63) is 35.4 Å². The summed E-state index contributed by atoms with van der Waals surface area (Å²) in [6.07, 6.45) is 4.39. The predicted octanol–water partition coefficient (Wildman–Crippen LogP) is 3.15. The maximum absolute atomic E-state index is 13.3. The second kappa shape index (κ2) is 4.27. The average molecular weight is 211 g/mol. The third kappa shape index (κ3) is 2.75. The van der Waals surface area contributed by atoms with Crippen LogP contribution in [0.25, 0.3) is 0 Å². The molecule has 1 fully saturated rings. The van der Waals surface area contributed by atoms with Crippen LogP contribution in [0.2, 0.25) is 0 Å². The molecule has 0 spiro atoms. The van der Waals surface area contributed by atoms with Gasteiger partial charge in [-0.15, -0.1) is 0 Å². The van der Waals surface area contributed by atoms with Gasteiger partial charge in [0.25, 0.3) is 0 Å². The standard InChI is InChI=1S/C12H15F2N/c13-9-4-5-10(11(14)7-9)12(15)6-3-8-1-2-8/h4-5,7-8,12H,1-3,6,15H2. The number of hydrogen-bond donors (Lipinski definition) is 1. The highest BCUT2D eigenvalue weighted by Gasteiger charge is 2.22. The fourth-order valence-corrected chi connectivity index (χ4v) is 1.78. The summed E-state index contributed by atoms with van der Waals surface area (Å²) in [6, 6.07) is 3.30. The number of rotatable bonds is 4. The van der Waals surface area contributed by atoms with Gasteiger partial charge in [0.1, 0.15) is 11.6 Å². The molecule has 0 heterocycles. The molecule has 0 bridgehead atoms. The molecule has 3 heteroatoms. The fourth-order valence-electron chi connectivity index (χ4n) is 1.78. The Hall–Kier alpha value is -0.960. The molecule has 1 saturated carbocycles. The van der Waals surface area contributed by atoms with Crippen molar-refractivity contribution in [3.8, 4) is 0 Å². The molecule has 0 radical (unpaired) electrons. The first-order chi connectivity index (χ1) is 7.16. The van der Waals surface area contributed by atoms with Gasteiger partial charge in [0, 0.05) is 17.7 Å². The third-order valence-electron chi connectivity index (χ3n) is 2.94. The van der Waals surface area contributed by atoms with Crippen LogP contribution in [0.3, 0.4) is 0 Å². The van der Waals surface area contributed by atoms with Gasteiger partial charge in [-0.25, -0.2) is 8.78 Å². The van der Waals surface area contributed by atoms with Gasteiger partial charge in [-0.1, -0.05) is 18.9 Å². The van der Waals surface area contributed by atoms with Crippen molar-refractivity contribution in [3.63, 3.8) is 0 Å². The SMILES string of the molecule is NC(CCC1CC1)c1ccc(F)cc1F. The summed E-state index contributed by atoms with van der Waals surface area (Å²) in [5.41, 5.74) is 6.29. The van der Waals surface area contributed by atoms with E-state index in [1.165, 1.54) is 25.0 Å². The number of halogens is 2. The number of benzene rings is 1. The molecule has 0 amide bonds. The van der Waals surface area contributed by atoms with Crippen LogP contribution in [-0.4, -0.2) is 0 Å². The smallest absolute Gasteiger partial charge is 0.130 e. The Morgan fingerprint density at radius 1 is 1.33 bits per heavy atom. The van der Waals surface area contributed by atoms with E-state index in [0.29, 0.717) is 5.56 Å². The summed E-state index contributed by atoms with van der Waals surface area (Å²) in [6.45, 7) is 0. The Kier molecular flexibility index (Phi) is 3.00. The molecule has 1 aliphatic carbocycles. The highest BCUT2D eigenvalue weighted by atomic mass is 19.1. The molecule has 1 nitrogen and oxygen atoms in total. The molecule has 1 atom stereocenters. The van der Waals surface area contributed by atoms with Crippen molar-refractivity contribution in [2.75, 3.05) is 0 Å². The normalized spacial score (nSPS) is 17.8. The van der Waals surface area contributed by atoms with Gasteiger partial charge >= 0.3 is 0 Å². The van der Waals surface area contributed by atoms with E-state index in [4.69, 9.17) is 5.73 Å². The summed E-state index contributed by atoms with van der Waals surface area (Å²) < 4.78 is 26.0. The largest absolute Gasteiger partial charge is 0.324 e. The van der Waals surface area contributed by atoms with E-state index in [9.17, 15) is 8.78 Å². The predicted molar refractivity (Wildman–Crippen MR) is 55.2 cm³/mol. The maximum atomic E-state index is 13.3. The zero-order valence-electron chi connectivity index (χ0n) is 8.55. The van der Waals surface area contributed by atoms with Gasteiger partial charge in [-0.05, 0) is 24.8 Å². The molecule has 0 aromatic heterocycles. The molecule has 15 heavy (non-hydrogen) atoms. The zero-order valence-corrected chi connectivity index (χ0v) is 8.55. The van der Waals surface area contributed by atoms with Crippen LogP contribution in [0.1, 0.15) is 37.3 Å². The molecule has 2 rings (SSSR count). The summed E-state index contributed by atoms with van der Waals surface area (Å²) in [7, 11) is 0. The topological polar surface area (TPSA) is 26.0 Å². The van der Waals surface area contributed by atoms with Gasteiger partial charge in [0.05, 0.1) is 0 Å². The first-order valence-electron chi connectivity index (χ1n) is 5.37. The van der Waals surface area contributed by atoms with E-state index >= 15 is 0 Å². The third-order valence-corrected chi connectivity index (χ3v) is 2.94. The van der Waals surface area contributed by atoms with Crippen LogP contribution < -0.4 is 5.73 Å². The van der Waals surface area contributed by atoms with Crippen molar-refractivity contribution in [2.45, 2.75) is 31.7 Å². The van der Waals surface area contributed by atoms with Crippen molar-refractivity contribution >= 4 is 0 Å². The van der Waals surface area contributed by atoms with Crippen molar-refractivity contribution in [1.29, 1.82) is 0 Å². The van der Waals surface area contributed by atoms with E-state index in [-0.39, 0.29) is 6.04 Å². The molecular weight excluding hydrogens is 196 g/mol. The van der Waals surface area contributed by atoms with E-state index in [1.807, 2.05) is 0 Å². The summed E-state index contributed by atoms with van der Waals surface area (Å²) in [5, 5.41) is 0. The zero-order chi connectivity index (χ0) is 10.8. The van der Waals surface area contributed by atoms with E-state index < -0.39 is 11.6 Å². The Morgan fingerprint density at radius 2 is 2.07 bits per heavy atom. The molecule has 0 aliphatic heterocycles. The van der Waals surface area contributed by atoms with E-state index in [0.717, 1.165) is 24.8 Å². The lowest BCUT2D eigenvalue weighted by Gasteiger charge is -2.12. The number of hydrogen-bond acceptors (Lipinski definition) is 1. The van der Waals surface area contributed by atoms with Crippen LogP contribution in [0, 0.1) is 17.6 Å². The van der Waals surface area contributed by atoms with Crippen LogP contribution in [0.5, 0.6) is 0 Å². The minimum Gasteiger partial charge on any atom is -0.324 e. The number of nitrogens with two attached hydrogens (primary N) is 1. The van der Waals surface area contributed by atoms with Gasteiger partial charge in [0.15, 0.2) is 0 Å². The summed E-state index contributed by atoms with van der Waals surface area (Å²) in [5.74, 6) is -0.288. The lowest BCUT2D eigenvalue weighted by atomic mass is 10.0. The molecule has 1 aliphatic rings. The van der Waals surface area contributed by atoms with Crippen molar-refractivity contribution in [1.82, 2.24) is 0 Å². The minimum atomic E-state index is -0.550. The molecule has 1 aromatic carbocycles. The van der Waals surface area contributed by atoms with Crippen molar-refractivity contribution in [2.24, 2.45) is 11.7 Å². The minimum absolute atomic E-state index is 0.300. The molecule has 82 valence electrons. The average Bonchev–Trinajstić information content (AvgIpc) is 2.97. The molecule has 2 N–H and O–H groups in total. The van der Waals surface area contributed by atoms with Gasteiger partial charge in [-0.3, -0.25) is 0 Å². The molecule has 1 unspecified atom stereocenters. The van der Waals surface area contributed by atoms with Gasteiger partial charge in [-0.2, -0.15) is 0 Å². The monoisotopic (exact) mass is 211 g/mol. The summed E-state index contributed by atoms with van der Waals surface area (Å²) >= 11 is 0. The van der Waals surface area contributed by atoms with Gasteiger partial charge in [0.2, 0.25) is 0 Å². The quantitative estimate of drug-likeness (QED) is 0.813. The highest BCUT2D eigenvalue weighted by Crippen LogP contribution is 2.35. The van der Waals surface area contributed by atoms with Gasteiger partial charge < -0.3 is 5.73 Å². The first kappa shape index (κ1) is 10.6. The second-order valence-electron chi connectivity index (χ2n) is 4.29. The van der Waals surface area contributed by atoms with Crippen LogP contribution >= 0.6 is 0 Å². The highest BCUT2D eigenvalue weighted by molar-refractivity contribution is 5.21. The second-order valence-corrected chi connectivity index (χ2v) is 4.29. The van der Waals surface area contributed by atoms with Crippen molar-refractivity contribution < 1.29 is 8.78 Å². The van der Waals surface area contributed by atoms with Crippen LogP contribution in [-0.2, 0) is 0 Å². The summed E-state index contributed by atoms with van der Waals surface area (Å²) in [4.78, 5) is 0. The van der Waals surface area contributed by atoms with E-state index in [2.05, 4.69) is 0 Å². The maximum Gasteiger partial charge on any atom is 0.130 e. The Labute approximate surface area is 88.3 Å². The molecule has 1 aromatic rings. The lowest BCUT2D eigenvalue weighted by molar-refractivity contribution is 0.524. The van der Waals surface area contributed by atoms with Crippen LogP contribution in [0.4, 0.5) is 8.78 Å². The lowest BCUT2D eigenvalue weighted by Crippen LogP contribution is -2.12. The van der Waals surface area contributed by atoms with Crippen LogP contribution in [0.15, 0.2) is 18.2 Å². The van der Waals surface area contributed by atoms with E-state index in [1.54, 1.807) is 0 Å².